The number of anilines is 1. The van der Waals surface area contributed by atoms with E-state index in [1.807, 2.05) is 30.5 Å². The maximum Gasteiger partial charge on any atom is 0.138 e. The number of benzene rings is 4. The Morgan fingerprint density at radius 2 is 1.74 bits per heavy atom. The number of aliphatic imine (C=N–C) groups is 1. The zero-order chi connectivity index (χ0) is 26.1. The molecule has 0 saturated carbocycles. The summed E-state index contributed by atoms with van der Waals surface area (Å²) in [6.07, 6.45) is 7.58. The molecule has 3 atom stereocenters. The standard InChI is InChI=1S/C32H25Cl3N2O/c33-23-12-9-22(28(34)17-23)19-38-31-15-8-20(16-29(31)35)18-36-24-13-10-21(11-14-24)32-27-6-3-5-25(27)26-4-1-2-7-30(26)37-32/h1-5,7-18,25,27,32,37H,6,19H2/t25-,27-,32-/m0/s1. The van der Waals surface area contributed by atoms with Gasteiger partial charge in [0.15, 0.2) is 0 Å². The summed E-state index contributed by atoms with van der Waals surface area (Å²) in [4.78, 5) is 4.66. The molecule has 0 fully saturated rings. The molecular formula is C32H25Cl3N2O. The highest BCUT2D eigenvalue weighted by atomic mass is 35.5. The lowest BCUT2D eigenvalue weighted by atomic mass is 9.77. The van der Waals surface area contributed by atoms with Crippen LogP contribution >= 0.6 is 34.8 Å². The predicted octanol–water partition coefficient (Wildman–Crippen LogP) is 9.80. The van der Waals surface area contributed by atoms with E-state index in [1.54, 1.807) is 12.1 Å². The average Bonchev–Trinajstić information content (AvgIpc) is 3.43. The lowest BCUT2D eigenvalue weighted by Gasteiger charge is -2.37. The number of para-hydroxylation sites is 1. The van der Waals surface area contributed by atoms with Crippen LogP contribution in [0.2, 0.25) is 15.1 Å². The molecule has 6 heteroatoms. The topological polar surface area (TPSA) is 33.6 Å². The normalized spacial score (nSPS) is 19.7. The van der Waals surface area contributed by atoms with Crippen molar-refractivity contribution in [3.63, 3.8) is 0 Å². The molecule has 0 radical (unpaired) electrons. The quantitative estimate of drug-likeness (QED) is 0.188. The molecule has 1 aliphatic carbocycles. The number of nitrogens with zero attached hydrogens (tertiary/aromatic N) is 1. The Labute approximate surface area is 237 Å². The Kier molecular flexibility index (Phi) is 7.16. The van der Waals surface area contributed by atoms with Gasteiger partial charge in [0.25, 0.3) is 0 Å². The van der Waals surface area contributed by atoms with Gasteiger partial charge in [0, 0.05) is 33.4 Å². The zero-order valence-electron chi connectivity index (χ0n) is 20.5. The third-order valence-corrected chi connectivity index (χ3v) is 8.12. The summed E-state index contributed by atoms with van der Waals surface area (Å²) in [5.74, 6) is 1.58. The highest BCUT2D eigenvalue weighted by molar-refractivity contribution is 6.35. The lowest BCUT2D eigenvalue weighted by molar-refractivity contribution is 0.306. The van der Waals surface area contributed by atoms with Crippen molar-refractivity contribution in [2.75, 3.05) is 5.32 Å². The van der Waals surface area contributed by atoms with Gasteiger partial charge in [-0.25, -0.2) is 0 Å². The van der Waals surface area contributed by atoms with Crippen LogP contribution < -0.4 is 10.1 Å². The molecule has 2 aliphatic rings. The highest BCUT2D eigenvalue weighted by Crippen LogP contribution is 2.49. The number of rotatable bonds is 6. The fourth-order valence-electron chi connectivity index (χ4n) is 5.30. The number of nitrogens with one attached hydrogen (secondary N) is 1. The van der Waals surface area contributed by atoms with E-state index in [0.717, 1.165) is 23.2 Å². The van der Waals surface area contributed by atoms with Crippen LogP contribution in [0.15, 0.2) is 102 Å². The summed E-state index contributed by atoms with van der Waals surface area (Å²) in [6, 6.07) is 28.4. The van der Waals surface area contributed by atoms with Gasteiger partial charge in [-0.3, -0.25) is 4.99 Å². The first kappa shape index (κ1) is 25.1. The van der Waals surface area contributed by atoms with Gasteiger partial charge in [-0.2, -0.15) is 0 Å². The number of halogens is 3. The van der Waals surface area contributed by atoms with Crippen LogP contribution in [-0.2, 0) is 6.61 Å². The molecule has 0 amide bonds. The van der Waals surface area contributed by atoms with Crippen molar-refractivity contribution in [3.8, 4) is 5.75 Å². The first-order valence-electron chi connectivity index (χ1n) is 12.6. The van der Waals surface area contributed by atoms with Gasteiger partial charge in [-0.05, 0) is 77.6 Å². The number of hydrogen-bond donors (Lipinski definition) is 1. The third kappa shape index (κ3) is 5.19. The average molecular weight is 560 g/mol. The summed E-state index contributed by atoms with van der Waals surface area (Å²) >= 11 is 18.7. The van der Waals surface area contributed by atoms with E-state index in [2.05, 4.69) is 71.0 Å². The van der Waals surface area contributed by atoms with Crippen LogP contribution in [0.4, 0.5) is 11.4 Å². The molecule has 0 spiro atoms. The first-order valence-corrected chi connectivity index (χ1v) is 13.7. The van der Waals surface area contributed by atoms with Crippen LogP contribution in [0, 0.1) is 5.92 Å². The number of fused-ring (bicyclic) bond motifs is 3. The van der Waals surface area contributed by atoms with Gasteiger partial charge in [0.05, 0.1) is 16.8 Å². The van der Waals surface area contributed by atoms with Crippen molar-refractivity contribution in [2.45, 2.75) is 25.0 Å². The minimum absolute atomic E-state index is 0.275. The predicted molar refractivity (Wildman–Crippen MR) is 159 cm³/mol. The molecule has 6 rings (SSSR count). The smallest absolute Gasteiger partial charge is 0.138 e. The van der Waals surface area contributed by atoms with Gasteiger partial charge in [-0.15, -0.1) is 0 Å². The molecule has 0 bridgehead atoms. The van der Waals surface area contributed by atoms with Crippen molar-refractivity contribution in [1.29, 1.82) is 0 Å². The molecule has 0 aromatic heterocycles. The molecule has 38 heavy (non-hydrogen) atoms. The largest absolute Gasteiger partial charge is 0.487 e. The first-order chi connectivity index (χ1) is 18.5. The Balaban J connectivity index is 1.12. The summed E-state index contributed by atoms with van der Waals surface area (Å²) in [5.41, 5.74) is 6.53. The van der Waals surface area contributed by atoms with Crippen LogP contribution in [0.5, 0.6) is 5.75 Å². The molecule has 4 aromatic rings. The van der Waals surface area contributed by atoms with Crippen molar-refractivity contribution in [1.82, 2.24) is 0 Å². The monoisotopic (exact) mass is 558 g/mol. The number of ether oxygens (including phenoxy) is 1. The van der Waals surface area contributed by atoms with Crippen LogP contribution in [0.3, 0.4) is 0 Å². The molecule has 3 nitrogen and oxygen atoms in total. The molecule has 4 aromatic carbocycles. The van der Waals surface area contributed by atoms with Crippen LogP contribution in [0.25, 0.3) is 0 Å². The van der Waals surface area contributed by atoms with Crippen LogP contribution in [-0.4, -0.2) is 6.21 Å². The van der Waals surface area contributed by atoms with E-state index in [-0.39, 0.29) is 6.04 Å². The summed E-state index contributed by atoms with van der Waals surface area (Å²) in [5, 5.41) is 5.44. The Bertz CT molecular complexity index is 1530. The highest BCUT2D eigenvalue weighted by Gasteiger charge is 2.37. The fraction of sp³-hybridized carbons (Fsp3) is 0.156. The second-order valence-corrected chi connectivity index (χ2v) is 10.9. The Morgan fingerprint density at radius 1 is 0.895 bits per heavy atom. The van der Waals surface area contributed by atoms with E-state index in [0.29, 0.717) is 39.3 Å². The molecule has 0 unspecified atom stereocenters. The molecule has 1 aliphatic heterocycles. The molecule has 1 N–H and O–H groups in total. The van der Waals surface area contributed by atoms with Gasteiger partial charge in [-0.1, -0.05) is 83.4 Å². The fourth-order valence-corrected chi connectivity index (χ4v) is 6.01. The lowest BCUT2D eigenvalue weighted by Crippen LogP contribution is -2.28. The minimum atomic E-state index is 0.275. The number of allylic oxidation sites excluding steroid dienone is 2. The van der Waals surface area contributed by atoms with E-state index < -0.39 is 0 Å². The SMILES string of the molecule is Clc1ccc(COc2ccc(C=Nc3ccc([C@@H]4Nc5ccccc5[C@@H]5C=CC[C@@H]54)cc3)cc2Cl)c(Cl)c1. The van der Waals surface area contributed by atoms with Crippen molar-refractivity contribution < 1.29 is 4.74 Å². The maximum atomic E-state index is 6.48. The molecule has 0 saturated heterocycles. The summed E-state index contributed by atoms with van der Waals surface area (Å²) in [6.45, 7) is 0.300. The molecule has 190 valence electrons. The number of hydrogen-bond acceptors (Lipinski definition) is 3. The summed E-state index contributed by atoms with van der Waals surface area (Å²) < 4.78 is 5.87. The van der Waals surface area contributed by atoms with Gasteiger partial charge >= 0.3 is 0 Å². The second-order valence-electron chi connectivity index (χ2n) is 9.63. The third-order valence-electron chi connectivity index (χ3n) is 7.24. The van der Waals surface area contributed by atoms with E-state index in [4.69, 9.17) is 39.5 Å². The van der Waals surface area contributed by atoms with E-state index in [9.17, 15) is 0 Å². The second kappa shape index (κ2) is 10.9. The Hall–Kier alpha value is -3.24. The molecular weight excluding hydrogens is 535 g/mol. The van der Waals surface area contributed by atoms with Crippen molar-refractivity contribution >= 4 is 52.4 Å². The van der Waals surface area contributed by atoms with Gasteiger partial charge in [0.1, 0.15) is 12.4 Å². The minimum Gasteiger partial charge on any atom is -0.487 e. The van der Waals surface area contributed by atoms with Crippen molar-refractivity contribution in [2.24, 2.45) is 10.9 Å². The van der Waals surface area contributed by atoms with Gasteiger partial charge in [0.2, 0.25) is 0 Å². The molecule has 1 heterocycles. The van der Waals surface area contributed by atoms with Gasteiger partial charge < -0.3 is 10.1 Å². The van der Waals surface area contributed by atoms with E-state index in [1.165, 1.54) is 16.8 Å². The maximum absolute atomic E-state index is 6.48. The Morgan fingerprint density at radius 3 is 2.55 bits per heavy atom. The summed E-state index contributed by atoms with van der Waals surface area (Å²) in [7, 11) is 0. The zero-order valence-corrected chi connectivity index (χ0v) is 22.7. The van der Waals surface area contributed by atoms with Crippen molar-refractivity contribution in [3.05, 3.63) is 134 Å². The van der Waals surface area contributed by atoms with Crippen LogP contribution in [0.1, 0.15) is 40.6 Å². The van der Waals surface area contributed by atoms with E-state index >= 15 is 0 Å².